The molecule has 2 rings (SSSR count). The predicted octanol–water partition coefficient (Wildman–Crippen LogP) is 0.965. The maximum Gasteiger partial charge on any atom is 0.707 e. The van der Waals surface area contributed by atoms with Crippen LogP contribution in [0.15, 0.2) is 54.6 Å². The zero-order valence-corrected chi connectivity index (χ0v) is 10.7. The summed E-state index contributed by atoms with van der Waals surface area (Å²) in [4.78, 5) is 11.9. The fourth-order valence-corrected chi connectivity index (χ4v) is 1.69. The van der Waals surface area contributed by atoms with E-state index in [0.29, 0.717) is 12.1 Å². The van der Waals surface area contributed by atoms with Gasteiger partial charge in [-0.3, -0.25) is 4.79 Å². The largest absolute Gasteiger partial charge is 0.707 e. The van der Waals surface area contributed by atoms with Crippen LogP contribution in [0.4, 0.5) is 0 Å². The highest BCUT2D eigenvalue weighted by Crippen LogP contribution is 2.12. The van der Waals surface area contributed by atoms with Gasteiger partial charge in [-0.05, 0) is 29.8 Å². The van der Waals surface area contributed by atoms with Crippen molar-refractivity contribution >= 4 is 13.2 Å². The standard InChI is InChI=1S/C14H14BNO4/c17-14(16-10-11-4-2-1-3-5-11)12-6-8-13(9-7-12)20-15(18)19/h1-9,18-19H,10H2,(H,16,17). The molecule has 0 aliphatic carbocycles. The van der Waals surface area contributed by atoms with E-state index in [1.165, 1.54) is 12.1 Å². The summed E-state index contributed by atoms with van der Waals surface area (Å²) in [6, 6.07) is 15.7. The van der Waals surface area contributed by atoms with Gasteiger partial charge in [-0.25, -0.2) is 0 Å². The number of rotatable bonds is 5. The van der Waals surface area contributed by atoms with Gasteiger partial charge in [0.2, 0.25) is 0 Å². The van der Waals surface area contributed by atoms with Crippen molar-refractivity contribution < 1.29 is 19.5 Å². The lowest BCUT2D eigenvalue weighted by Crippen LogP contribution is -2.23. The van der Waals surface area contributed by atoms with Crippen molar-refractivity contribution in [2.24, 2.45) is 0 Å². The van der Waals surface area contributed by atoms with Gasteiger partial charge in [0.25, 0.3) is 5.91 Å². The van der Waals surface area contributed by atoms with Crippen LogP contribution in [0, 0.1) is 0 Å². The Morgan fingerprint density at radius 1 is 1.05 bits per heavy atom. The molecule has 0 unspecified atom stereocenters. The van der Waals surface area contributed by atoms with Crippen LogP contribution >= 0.6 is 0 Å². The molecular weight excluding hydrogens is 257 g/mol. The number of carbonyl (C=O) groups excluding carboxylic acids is 1. The molecule has 1 amide bonds. The van der Waals surface area contributed by atoms with E-state index in [-0.39, 0.29) is 11.7 Å². The normalized spacial score (nSPS) is 9.90. The molecule has 0 atom stereocenters. The topological polar surface area (TPSA) is 78.8 Å². The van der Waals surface area contributed by atoms with E-state index in [2.05, 4.69) is 9.97 Å². The highest BCUT2D eigenvalue weighted by molar-refractivity contribution is 6.33. The Labute approximate surface area is 117 Å². The van der Waals surface area contributed by atoms with Crippen LogP contribution in [0.25, 0.3) is 0 Å². The molecule has 0 bridgehead atoms. The molecule has 0 saturated carbocycles. The molecule has 5 nitrogen and oxygen atoms in total. The van der Waals surface area contributed by atoms with Gasteiger partial charge in [-0.1, -0.05) is 30.3 Å². The Morgan fingerprint density at radius 2 is 1.70 bits per heavy atom. The molecule has 6 heteroatoms. The van der Waals surface area contributed by atoms with Gasteiger partial charge in [0, 0.05) is 12.1 Å². The molecule has 0 saturated heterocycles. The molecule has 0 fully saturated rings. The van der Waals surface area contributed by atoms with Crippen LogP contribution in [0.1, 0.15) is 15.9 Å². The van der Waals surface area contributed by atoms with E-state index in [4.69, 9.17) is 10.0 Å². The van der Waals surface area contributed by atoms with Crippen molar-refractivity contribution in [2.75, 3.05) is 0 Å². The molecule has 0 aliphatic heterocycles. The van der Waals surface area contributed by atoms with Gasteiger partial charge in [-0.15, -0.1) is 0 Å². The summed E-state index contributed by atoms with van der Waals surface area (Å²) in [7, 11) is -1.87. The molecule has 3 N–H and O–H groups in total. The van der Waals surface area contributed by atoms with Gasteiger partial charge in [-0.2, -0.15) is 0 Å². The molecule has 20 heavy (non-hydrogen) atoms. The zero-order valence-electron chi connectivity index (χ0n) is 10.7. The van der Waals surface area contributed by atoms with Crippen molar-refractivity contribution in [3.63, 3.8) is 0 Å². The third-order valence-corrected chi connectivity index (χ3v) is 2.65. The molecule has 0 spiro atoms. The number of hydrogen-bond acceptors (Lipinski definition) is 4. The average molecular weight is 271 g/mol. The van der Waals surface area contributed by atoms with E-state index in [1.54, 1.807) is 12.1 Å². The summed E-state index contributed by atoms with van der Waals surface area (Å²) < 4.78 is 4.66. The maximum absolute atomic E-state index is 11.9. The first kappa shape index (κ1) is 14.1. The summed E-state index contributed by atoms with van der Waals surface area (Å²) in [5.41, 5.74) is 1.49. The molecule has 0 radical (unpaired) electrons. The second-order valence-corrected chi connectivity index (χ2v) is 4.14. The fraction of sp³-hybridized carbons (Fsp3) is 0.0714. The highest BCUT2D eigenvalue weighted by Gasteiger charge is 2.11. The van der Waals surface area contributed by atoms with Gasteiger partial charge >= 0.3 is 7.32 Å². The SMILES string of the molecule is O=C(NCc1ccccc1)c1ccc(OB(O)O)cc1. The van der Waals surface area contributed by atoms with Crippen molar-refractivity contribution in [2.45, 2.75) is 6.54 Å². The molecule has 0 heterocycles. The van der Waals surface area contributed by atoms with Crippen LogP contribution < -0.4 is 9.97 Å². The molecule has 0 aliphatic rings. The Balaban J connectivity index is 1.92. The van der Waals surface area contributed by atoms with E-state index >= 15 is 0 Å². The molecule has 2 aromatic carbocycles. The minimum atomic E-state index is -1.87. The van der Waals surface area contributed by atoms with Gasteiger partial charge in [0.05, 0.1) is 0 Å². The lowest BCUT2D eigenvalue weighted by molar-refractivity contribution is 0.0951. The van der Waals surface area contributed by atoms with Crippen LogP contribution in [0.5, 0.6) is 5.75 Å². The minimum absolute atomic E-state index is 0.204. The highest BCUT2D eigenvalue weighted by atomic mass is 16.6. The van der Waals surface area contributed by atoms with Crippen LogP contribution in [0.2, 0.25) is 0 Å². The maximum atomic E-state index is 11.9. The first-order chi connectivity index (χ1) is 9.65. The van der Waals surface area contributed by atoms with Crippen molar-refractivity contribution in [3.05, 3.63) is 65.7 Å². The first-order valence-corrected chi connectivity index (χ1v) is 6.10. The van der Waals surface area contributed by atoms with Crippen LogP contribution in [-0.4, -0.2) is 23.3 Å². The summed E-state index contributed by atoms with van der Waals surface area (Å²) in [6.45, 7) is 0.452. The van der Waals surface area contributed by atoms with E-state index in [0.717, 1.165) is 5.56 Å². The Morgan fingerprint density at radius 3 is 2.30 bits per heavy atom. The number of carbonyl (C=O) groups is 1. The lowest BCUT2D eigenvalue weighted by Gasteiger charge is -2.07. The van der Waals surface area contributed by atoms with Crippen LogP contribution in [0.3, 0.4) is 0 Å². The van der Waals surface area contributed by atoms with E-state index < -0.39 is 7.32 Å². The lowest BCUT2D eigenvalue weighted by atomic mass is 10.1. The van der Waals surface area contributed by atoms with Crippen molar-refractivity contribution in [3.8, 4) is 5.75 Å². The molecule has 0 aromatic heterocycles. The van der Waals surface area contributed by atoms with E-state index in [1.807, 2.05) is 30.3 Å². The van der Waals surface area contributed by atoms with Gasteiger partial charge < -0.3 is 20.0 Å². The third-order valence-electron chi connectivity index (χ3n) is 2.65. The van der Waals surface area contributed by atoms with Crippen molar-refractivity contribution in [1.82, 2.24) is 5.32 Å². The number of hydrogen-bond donors (Lipinski definition) is 3. The van der Waals surface area contributed by atoms with Crippen LogP contribution in [-0.2, 0) is 6.54 Å². The number of amides is 1. The average Bonchev–Trinajstić information content (AvgIpc) is 2.46. The van der Waals surface area contributed by atoms with E-state index in [9.17, 15) is 4.79 Å². The predicted molar refractivity (Wildman–Crippen MR) is 74.9 cm³/mol. The quantitative estimate of drug-likeness (QED) is 0.708. The zero-order chi connectivity index (χ0) is 14.4. The second kappa shape index (κ2) is 6.74. The molecule has 102 valence electrons. The number of nitrogens with one attached hydrogen (secondary N) is 1. The first-order valence-electron chi connectivity index (χ1n) is 6.10. The van der Waals surface area contributed by atoms with Gasteiger partial charge in [0.1, 0.15) is 5.75 Å². The summed E-state index contributed by atoms with van der Waals surface area (Å²) in [5, 5.41) is 20.1. The summed E-state index contributed by atoms with van der Waals surface area (Å²) in [5.74, 6) is 0.0737. The monoisotopic (exact) mass is 271 g/mol. The minimum Gasteiger partial charge on any atom is -0.512 e. The Hall–Kier alpha value is -2.31. The smallest absolute Gasteiger partial charge is 0.512 e. The van der Waals surface area contributed by atoms with Gasteiger partial charge in [0.15, 0.2) is 0 Å². The number of benzene rings is 2. The second-order valence-electron chi connectivity index (χ2n) is 4.14. The molecular formula is C14H14BNO4. The third kappa shape index (κ3) is 4.12. The molecule has 2 aromatic rings. The van der Waals surface area contributed by atoms with Crippen molar-refractivity contribution in [1.29, 1.82) is 0 Å². The Bertz CT molecular complexity index is 557. The summed E-state index contributed by atoms with van der Waals surface area (Å²) >= 11 is 0. The fourth-order valence-electron chi connectivity index (χ4n) is 1.69. The Kier molecular flexibility index (Phi) is 4.76. The summed E-state index contributed by atoms with van der Waals surface area (Å²) in [6.07, 6.45) is 0.